The van der Waals surface area contributed by atoms with E-state index >= 15 is 0 Å². The highest BCUT2D eigenvalue weighted by atomic mass is 31.2. The highest BCUT2D eigenvalue weighted by molar-refractivity contribution is 7.48. The van der Waals surface area contributed by atoms with E-state index in [9.17, 15) is 4.57 Å². The number of hydrogen-bond acceptors (Lipinski definition) is 4. The van der Waals surface area contributed by atoms with Gasteiger partial charge in [0.05, 0.1) is 19.3 Å². The molecule has 0 bridgehead atoms. The van der Waals surface area contributed by atoms with Crippen molar-refractivity contribution in [2.75, 3.05) is 13.2 Å². The van der Waals surface area contributed by atoms with Gasteiger partial charge in [-0.2, -0.15) is 0 Å². The summed E-state index contributed by atoms with van der Waals surface area (Å²) in [6.45, 7) is 6.21. The van der Waals surface area contributed by atoms with Gasteiger partial charge in [0.15, 0.2) is 0 Å². The lowest BCUT2D eigenvalue weighted by Gasteiger charge is -2.22. The van der Waals surface area contributed by atoms with Crippen LogP contribution in [0.4, 0.5) is 0 Å². The van der Waals surface area contributed by atoms with Crippen molar-refractivity contribution in [1.29, 1.82) is 0 Å². The van der Waals surface area contributed by atoms with Crippen LogP contribution in [0.1, 0.15) is 27.2 Å². The molecule has 0 fully saturated rings. The van der Waals surface area contributed by atoms with Crippen LogP contribution >= 0.6 is 7.82 Å². The van der Waals surface area contributed by atoms with Crippen LogP contribution in [0, 0.1) is 5.92 Å². The third kappa shape index (κ3) is 3.72. The molecule has 0 spiro atoms. The molecule has 0 aromatic rings. The van der Waals surface area contributed by atoms with Crippen LogP contribution in [-0.4, -0.2) is 19.3 Å². The highest BCUT2D eigenvalue weighted by Crippen LogP contribution is 2.52. The Morgan fingerprint density at radius 3 is 2.33 bits per heavy atom. The molecule has 0 aliphatic heterocycles. The Kier molecular flexibility index (Phi) is 5.00. The Morgan fingerprint density at radius 1 is 1.33 bits per heavy atom. The first-order valence-corrected chi connectivity index (χ1v) is 6.81. The first kappa shape index (κ1) is 12.9. The van der Waals surface area contributed by atoms with Gasteiger partial charge in [-0.15, -0.1) is 0 Å². The smallest absolute Gasteiger partial charge is 0.287 e. The van der Waals surface area contributed by atoms with Crippen LogP contribution in [0.5, 0.6) is 0 Å². The quantitative estimate of drug-likeness (QED) is 0.523. The molecule has 0 radical (unpaired) electrons. The van der Waals surface area contributed by atoms with Crippen LogP contribution in [0.2, 0.25) is 0 Å². The molecule has 5 heteroatoms. The van der Waals surface area contributed by atoms with Gasteiger partial charge in [0.25, 0.3) is 0 Å². The molecule has 2 atom stereocenters. The van der Waals surface area contributed by atoms with E-state index in [1.807, 2.05) is 19.1 Å². The SMILES string of the molecule is CCOP(=O)(OCC)O[C@@H]1CC=C[C@H]1C. The Morgan fingerprint density at radius 2 is 1.93 bits per heavy atom. The molecule has 0 amide bonds. The first-order chi connectivity index (χ1) is 7.11. The fourth-order valence-corrected chi connectivity index (χ4v) is 2.92. The fourth-order valence-electron chi connectivity index (χ4n) is 1.49. The molecule has 0 saturated carbocycles. The summed E-state index contributed by atoms with van der Waals surface area (Å²) in [5, 5.41) is 0. The third-order valence-corrected chi connectivity index (χ3v) is 3.91. The molecule has 15 heavy (non-hydrogen) atoms. The lowest BCUT2D eigenvalue weighted by atomic mass is 10.1. The maximum Gasteiger partial charge on any atom is 0.475 e. The van der Waals surface area contributed by atoms with Crippen molar-refractivity contribution < 1.29 is 18.1 Å². The number of hydrogen-bond donors (Lipinski definition) is 0. The van der Waals surface area contributed by atoms with Crippen LogP contribution in [0.15, 0.2) is 12.2 Å². The summed E-state index contributed by atoms with van der Waals surface area (Å²) in [4.78, 5) is 0. The van der Waals surface area contributed by atoms with Crippen molar-refractivity contribution >= 4 is 7.82 Å². The normalized spacial score (nSPS) is 26.1. The average Bonchev–Trinajstić information content (AvgIpc) is 2.52. The lowest BCUT2D eigenvalue weighted by Crippen LogP contribution is -2.16. The van der Waals surface area contributed by atoms with Crippen molar-refractivity contribution in [2.24, 2.45) is 5.92 Å². The summed E-state index contributed by atoms with van der Waals surface area (Å²) in [5.74, 6) is 0.263. The second-order valence-electron chi connectivity index (χ2n) is 3.45. The highest BCUT2D eigenvalue weighted by Gasteiger charge is 2.32. The lowest BCUT2D eigenvalue weighted by molar-refractivity contribution is 0.0739. The van der Waals surface area contributed by atoms with Gasteiger partial charge in [0.1, 0.15) is 0 Å². The second kappa shape index (κ2) is 5.80. The Bertz CT molecular complexity index is 254. The maximum atomic E-state index is 12.0. The van der Waals surface area contributed by atoms with E-state index in [-0.39, 0.29) is 12.0 Å². The topological polar surface area (TPSA) is 44.8 Å². The molecule has 0 heterocycles. The number of phosphoric acid groups is 1. The van der Waals surface area contributed by atoms with Crippen LogP contribution in [0.25, 0.3) is 0 Å². The molecule has 0 N–H and O–H groups in total. The maximum absolute atomic E-state index is 12.0. The zero-order valence-corrected chi connectivity index (χ0v) is 10.4. The van der Waals surface area contributed by atoms with E-state index in [1.54, 1.807) is 13.8 Å². The minimum Gasteiger partial charge on any atom is -0.287 e. The zero-order valence-electron chi connectivity index (χ0n) is 9.51. The van der Waals surface area contributed by atoms with Gasteiger partial charge in [-0.3, -0.25) is 13.6 Å². The molecule has 1 aliphatic carbocycles. The van der Waals surface area contributed by atoms with Gasteiger partial charge in [0.2, 0.25) is 0 Å². The summed E-state index contributed by atoms with van der Waals surface area (Å²) in [7, 11) is -3.35. The summed E-state index contributed by atoms with van der Waals surface area (Å²) in [5.41, 5.74) is 0. The molecule has 1 aliphatic rings. The summed E-state index contributed by atoms with van der Waals surface area (Å²) < 4.78 is 27.6. The van der Waals surface area contributed by atoms with Gasteiger partial charge in [-0.25, -0.2) is 4.57 Å². The molecule has 0 unspecified atom stereocenters. The Balaban J connectivity index is 2.54. The van der Waals surface area contributed by atoms with E-state index in [2.05, 4.69) is 0 Å². The molecule has 0 saturated heterocycles. The minimum atomic E-state index is -3.35. The molecule has 0 aromatic heterocycles. The van der Waals surface area contributed by atoms with Gasteiger partial charge >= 0.3 is 7.82 Å². The molecule has 0 aromatic carbocycles. The summed E-state index contributed by atoms with van der Waals surface area (Å²) in [6.07, 6.45) is 4.75. The molecule has 4 nitrogen and oxygen atoms in total. The summed E-state index contributed by atoms with van der Waals surface area (Å²) in [6, 6.07) is 0. The van der Waals surface area contributed by atoms with Crippen LogP contribution in [0.3, 0.4) is 0 Å². The van der Waals surface area contributed by atoms with Gasteiger partial charge in [-0.1, -0.05) is 19.1 Å². The molecular weight excluding hydrogens is 215 g/mol. The Hall–Kier alpha value is -0.150. The predicted octanol–water partition coefficient (Wildman–Crippen LogP) is 3.15. The summed E-state index contributed by atoms with van der Waals surface area (Å²) >= 11 is 0. The van der Waals surface area contributed by atoms with Crippen molar-refractivity contribution in [3.8, 4) is 0 Å². The first-order valence-electron chi connectivity index (χ1n) is 5.35. The van der Waals surface area contributed by atoms with E-state index in [0.717, 1.165) is 6.42 Å². The Labute approximate surface area is 91.2 Å². The van der Waals surface area contributed by atoms with Gasteiger partial charge in [0, 0.05) is 5.92 Å². The standard InChI is InChI=1S/C10H19O4P/c1-4-12-15(11,13-5-2)14-10-8-6-7-9(10)3/h6-7,9-10H,4-5,8H2,1-3H3/t9-,10-/m1/s1. The van der Waals surface area contributed by atoms with E-state index < -0.39 is 7.82 Å². The van der Waals surface area contributed by atoms with E-state index in [4.69, 9.17) is 13.6 Å². The van der Waals surface area contributed by atoms with E-state index in [0.29, 0.717) is 13.2 Å². The van der Waals surface area contributed by atoms with Gasteiger partial charge in [-0.05, 0) is 20.3 Å². The largest absolute Gasteiger partial charge is 0.475 e. The monoisotopic (exact) mass is 234 g/mol. The number of phosphoric ester groups is 1. The predicted molar refractivity (Wildman–Crippen MR) is 58.7 cm³/mol. The van der Waals surface area contributed by atoms with Crippen molar-refractivity contribution in [3.63, 3.8) is 0 Å². The average molecular weight is 234 g/mol. The molecule has 88 valence electrons. The molecule has 1 rings (SSSR count). The van der Waals surface area contributed by atoms with Crippen molar-refractivity contribution in [3.05, 3.63) is 12.2 Å². The zero-order chi connectivity index (χ0) is 11.3. The van der Waals surface area contributed by atoms with Crippen LogP contribution in [-0.2, 0) is 18.1 Å². The van der Waals surface area contributed by atoms with Gasteiger partial charge < -0.3 is 0 Å². The number of rotatable bonds is 6. The third-order valence-electron chi connectivity index (χ3n) is 2.23. The second-order valence-corrected chi connectivity index (χ2v) is 5.07. The van der Waals surface area contributed by atoms with Crippen molar-refractivity contribution in [1.82, 2.24) is 0 Å². The van der Waals surface area contributed by atoms with Crippen LogP contribution < -0.4 is 0 Å². The van der Waals surface area contributed by atoms with Crippen molar-refractivity contribution in [2.45, 2.75) is 33.3 Å². The molecular formula is C10H19O4P. The minimum absolute atomic E-state index is 0.0890. The van der Waals surface area contributed by atoms with E-state index in [1.165, 1.54) is 0 Å². The fraction of sp³-hybridized carbons (Fsp3) is 0.800.